The molecule has 3 rings (SSSR count). The fourth-order valence-corrected chi connectivity index (χ4v) is 3.61. The van der Waals surface area contributed by atoms with Crippen molar-refractivity contribution in [3.8, 4) is 0 Å². The van der Waals surface area contributed by atoms with Gasteiger partial charge >= 0.3 is 0 Å². The second-order valence-corrected chi connectivity index (χ2v) is 7.68. The second-order valence-electron chi connectivity index (χ2n) is 7.68. The maximum absolute atomic E-state index is 5.76. The first-order valence-electron chi connectivity index (χ1n) is 10.8. The summed E-state index contributed by atoms with van der Waals surface area (Å²) in [5, 5.41) is 15.3. The van der Waals surface area contributed by atoms with E-state index in [1.807, 2.05) is 24.6 Å². The third-order valence-corrected chi connectivity index (χ3v) is 5.55. The van der Waals surface area contributed by atoms with Gasteiger partial charge in [0.1, 0.15) is 18.1 Å². The molecule has 0 aliphatic carbocycles. The van der Waals surface area contributed by atoms with Gasteiger partial charge < -0.3 is 19.6 Å². The van der Waals surface area contributed by atoms with Gasteiger partial charge in [-0.15, -0.1) is 10.2 Å². The first-order valence-corrected chi connectivity index (χ1v) is 10.8. The van der Waals surface area contributed by atoms with Crippen LogP contribution in [0.2, 0.25) is 0 Å². The summed E-state index contributed by atoms with van der Waals surface area (Å²) in [6, 6.07) is 4.25. The molecule has 160 valence electrons. The quantitative estimate of drug-likeness (QED) is 0.382. The molecule has 1 atom stereocenters. The van der Waals surface area contributed by atoms with Gasteiger partial charge in [0.2, 0.25) is 0 Å². The zero-order chi connectivity index (χ0) is 20.5. The monoisotopic (exact) mass is 401 g/mol. The van der Waals surface area contributed by atoms with Gasteiger partial charge in [-0.25, -0.2) is 4.99 Å². The molecule has 29 heavy (non-hydrogen) atoms. The van der Waals surface area contributed by atoms with Crippen LogP contribution in [0.15, 0.2) is 27.8 Å². The molecule has 0 radical (unpaired) electrons. The van der Waals surface area contributed by atoms with Crippen LogP contribution in [0, 0.1) is 6.92 Å². The number of likely N-dealkylation sites (tertiary alicyclic amines) is 1. The van der Waals surface area contributed by atoms with Crippen molar-refractivity contribution in [3.05, 3.63) is 35.8 Å². The molecule has 1 unspecified atom stereocenters. The van der Waals surface area contributed by atoms with Crippen LogP contribution in [-0.4, -0.2) is 51.8 Å². The number of guanidine groups is 1. The van der Waals surface area contributed by atoms with Crippen LogP contribution < -0.4 is 10.6 Å². The number of aromatic nitrogens is 3. The third-order valence-electron chi connectivity index (χ3n) is 5.55. The van der Waals surface area contributed by atoms with E-state index in [1.54, 1.807) is 6.26 Å². The molecular weight excluding hydrogens is 366 g/mol. The van der Waals surface area contributed by atoms with Crippen LogP contribution in [0.25, 0.3) is 0 Å². The van der Waals surface area contributed by atoms with Gasteiger partial charge in [0.25, 0.3) is 0 Å². The zero-order valence-corrected chi connectivity index (χ0v) is 18.0. The topological polar surface area (TPSA) is 83.5 Å². The molecule has 2 aromatic heterocycles. The van der Waals surface area contributed by atoms with Crippen molar-refractivity contribution in [1.29, 1.82) is 0 Å². The van der Waals surface area contributed by atoms with Crippen molar-refractivity contribution in [1.82, 2.24) is 30.3 Å². The largest absolute Gasteiger partial charge is 0.468 e. The summed E-state index contributed by atoms with van der Waals surface area (Å²) in [6.07, 6.45) is 7.83. The van der Waals surface area contributed by atoms with Crippen molar-refractivity contribution in [2.75, 3.05) is 26.2 Å². The first kappa shape index (κ1) is 21.4. The number of aryl methyl sites for hydroxylation is 1. The molecule has 8 nitrogen and oxygen atoms in total. The Labute approximate surface area is 173 Å². The van der Waals surface area contributed by atoms with Crippen LogP contribution in [0.4, 0.5) is 0 Å². The van der Waals surface area contributed by atoms with E-state index in [0.717, 1.165) is 62.4 Å². The first-order chi connectivity index (χ1) is 14.2. The van der Waals surface area contributed by atoms with E-state index in [-0.39, 0.29) is 6.04 Å². The van der Waals surface area contributed by atoms with E-state index in [2.05, 4.69) is 38.7 Å². The molecule has 1 aliphatic rings. The molecule has 2 aromatic rings. The Morgan fingerprint density at radius 3 is 2.72 bits per heavy atom. The zero-order valence-electron chi connectivity index (χ0n) is 18.0. The van der Waals surface area contributed by atoms with Gasteiger partial charge in [-0.2, -0.15) is 0 Å². The lowest BCUT2D eigenvalue weighted by molar-refractivity contribution is 0.146. The molecule has 0 bridgehead atoms. The minimum atomic E-state index is 0.209. The van der Waals surface area contributed by atoms with E-state index in [4.69, 9.17) is 9.41 Å². The maximum Gasteiger partial charge on any atom is 0.191 e. The number of nitrogens with one attached hydrogen (secondary N) is 2. The molecule has 2 N–H and O–H groups in total. The van der Waals surface area contributed by atoms with E-state index < -0.39 is 0 Å². The summed E-state index contributed by atoms with van der Waals surface area (Å²) in [4.78, 5) is 7.28. The highest BCUT2D eigenvalue weighted by Gasteiger charge is 2.24. The Morgan fingerprint density at radius 1 is 1.24 bits per heavy atom. The average Bonchev–Trinajstić information content (AvgIpc) is 3.38. The van der Waals surface area contributed by atoms with Gasteiger partial charge in [-0.1, -0.05) is 19.8 Å². The number of hydrogen-bond acceptors (Lipinski definition) is 5. The highest BCUT2D eigenvalue weighted by molar-refractivity contribution is 5.79. The SMILES string of the molecule is CCCCNC(=NCc1nnc(C)n1C)NCC(c1ccco1)N1CCCCC1. The number of unbranched alkanes of at least 4 members (excludes halogenated alkanes) is 1. The fourth-order valence-electron chi connectivity index (χ4n) is 3.61. The molecule has 0 saturated carbocycles. The van der Waals surface area contributed by atoms with E-state index in [1.165, 1.54) is 19.3 Å². The van der Waals surface area contributed by atoms with E-state index in [9.17, 15) is 0 Å². The van der Waals surface area contributed by atoms with Crippen molar-refractivity contribution in [2.45, 2.75) is 58.5 Å². The Kier molecular flexibility index (Phi) is 8.10. The van der Waals surface area contributed by atoms with Crippen LogP contribution in [-0.2, 0) is 13.6 Å². The summed E-state index contributed by atoms with van der Waals surface area (Å²) in [7, 11) is 1.97. The number of furan rings is 1. The number of aliphatic imine (C=N–C) groups is 1. The van der Waals surface area contributed by atoms with Gasteiger partial charge in [-0.05, 0) is 51.4 Å². The highest BCUT2D eigenvalue weighted by atomic mass is 16.3. The summed E-state index contributed by atoms with van der Waals surface area (Å²) in [5.74, 6) is 3.58. The van der Waals surface area contributed by atoms with Crippen LogP contribution in [0.5, 0.6) is 0 Å². The van der Waals surface area contributed by atoms with E-state index >= 15 is 0 Å². The third kappa shape index (κ3) is 6.06. The van der Waals surface area contributed by atoms with Gasteiger partial charge in [0.15, 0.2) is 11.8 Å². The van der Waals surface area contributed by atoms with Crippen LogP contribution in [0.3, 0.4) is 0 Å². The van der Waals surface area contributed by atoms with E-state index in [0.29, 0.717) is 6.54 Å². The van der Waals surface area contributed by atoms with Crippen LogP contribution >= 0.6 is 0 Å². The minimum Gasteiger partial charge on any atom is -0.468 e. The highest BCUT2D eigenvalue weighted by Crippen LogP contribution is 2.24. The summed E-state index contributed by atoms with van der Waals surface area (Å²) in [6.45, 7) is 8.51. The predicted octanol–water partition coefficient (Wildman–Crippen LogP) is 2.78. The average molecular weight is 402 g/mol. The molecule has 0 aromatic carbocycles. The lowest BCUT2D eigenvalue weighted by atomic mass is 10.1. The number of piperidine rings is 1. The molecule has 0 spiro atoms. The molecule has 1 fully saturated rings. The van der Waals surface area contributed by atoms with Crippen molar-refractivity contribution in [2.24, 2.45) is 12.0 Å². The minimum absolute atomic E-state index is 0.209. The van der Waals surface area contributed by atoms with Gasteiger partial charge in [-0.3, -0.25) is 4.90 Å². The summed E-state index contributed by atoms with van der Waals surface area (Å²) in [5.41, 5.74) is 0. The van der Waals surface area contributed by atoms with Crippen LogP contribution in [0.1, 0.15) is 62.5 Å². The number of hydrogen-bond donors (Lipinski definition) is 2. The molecule has 0 amide bonds. The Hall–Kier alpha value is -2.35. The molecule has 1 aliphatic heterocycles. The molecule has 1 saturated heterocycles. The predicted molar refractivity (Wildman–Crippen MR) is 115 cm³/mol. The van der Waals surface area contributed by atoms with Crippen molar-refractivity contribution < 1.29 is 4.42 Å². The Bertz CT molecular complexity index is 747. The Morgan fingerprint density at radius 2 is 2.07 bits per heavy atom. The second kappa shape index (κ2) is 11.0. The lowest BCUT2D eigenvalue weighted by Gasteiger charge is -2.33. The normalized spacial score (nSPS) is 16.7. The molecule has 8 heteroatoms. The van der Waals surface area contributed by atoms with Gasteiger partial charge in [0, 0.05) is 20.1 Å². The summed E-state index contributed by atoms with van der Waals surface area (Å²) < 4.78 is 7.74. The lowest BCUT2D eigenvalue weighted by Crippen LogP contribution is -2.44. The molecular formula is C21H35N7O. The smallest absolute Gasteiger partial charge is 0.191 e. The van der Waals surface area contributed by atoms with Crippen molar-refractivity contribution in [3.63, 3.8) is 0 Å². The van der Waals surface area contributed by atoms with Gasteiger partial charge in [0.05, 0.1) is 12.3 Å². The fraction of sp³-hybridized carbons (Fsp3) is 0.667. The Balaban J connectivity index is 1.67. The standard InChI is InChI=1S/C21H35N7O/c1-4-5-11-22-21(24-16-20-26-25-17(2)27(20)3)23-15-18(19-10-9-14-29-19)28-12-7-6-8-13-28/h9-10,14,18H,4-8,11-13,15-16H2,1-3H3,(H2,22,23,24). The number of nitrogens with zero attached hydrogens (tertiary/aromatic N) is 5. The number of rotatable bonds is 9. The maximum atomic E-state index is 5.76. The molecule has 3 heterocycles. The summed E-state index contributed by atoms with van der Waals surface area (Å²) >= 11 is 0. The van der Waals surface area contributed by atoms with Crippen molar-refractivity contribution >= 4 is 5.96 Å².